The van der Waals surface area contributed by atoms with E-state index < -0.39 is 0 Å². The molecule has 15 nitrogen and oxygen atoms in total. The molecule has 5 N–H and O–H groups in total. The van der Waals surface area contributed by atoms with Crippen molar-refractivity contribution in [3.05, 3.63) is 17.8 Å². The lowest BCUT2D eigenvalue weighted by Gasteiger charge is -2.26. The molecule has 0 amide bonds. The summed E-state index contributed by atoms with van der Waals surface area (Å²) in [5.74, 6) is 1.05. The van der Waals surface area contributed by atoms with Crippen molar-refractivity contribution in [3.8, 4) is 0 Å². The summed E-state index contributed by atoms with van der Waals surface area (Å²) in [4.78, 5) is 25.3. The van der Waals surface area contributed by atoms with Crippen molar-refractivity contribution in [1.29, 1.82) is 0 Å². The zero-order chi connectivity index (χ0) is 27.8. The van der Waals surface area contributed by atoms with Crippen LogP contribution in [0, 0.1) is 0 Å². The molecule has 4 atom stereocenters. The fourth-order valence-electron chi connectivity index (χ4n) is 4.71. The van der Waals surface area contributed by atoms with Crippen LogP contribution in [0.1, 0.15) is 65.8 Å². The lowest BCUT2D eigenvalue weighted by molar-refractivity contribution is -0.0718. The molecule has 2 saturated heterocycles. The lowest BCUT2D eigenvalue weighted by atomic mass is 9.93. The molecule has 4 aromatic rings. The van der Waals surface area contributed by atoms with Gasteiger partial charge in [0.15, 0.2) is 52.8 Å². The van der Waals surface area contributed by atoms with Crippen LogP contribution < -0.4 is 16.8 Å². The standard InChI is InChI=1S/C14H20N6O2.C10H12ClN5O2.CH4/c1-2-10-21-6-9(22-10)20-7-16-11-12(17-8-4-3-5-8)18-14(15)19-13(11)20;1-2-6-17-3-5(18-6)16-4-13-7-8(11)14-10(12)15-9(7)16;/h7-10H,2-6H2,1H3,(H3,15,17,18,19);4-6H,2-3H2,1H3,(H2,12,14,15);1H4/t9-,10-;5-,6-;/m11./s1. The molecule has 6 heterocycles. The van der Waals surface area contributed by atoms with Gasteiger partial charge in [-0.3, -0.25) is 9.13 Å². The molecule has 16 heteroatoms. The van der Waals surface area contributed by atoms with Gasteiger partial charge in [-0.2, -0.15) is 19.9 Å². The Morgan fingerprint density at radius 2 is 1.39 bits per heavy atom. The van der Waals surface area contributed by atoms with Crippen molar-refractivity contribution in [1.82, 2.24) is 39.0 Å². The summed E-state index contributed by atoms with van der Waals surface area (Å²) in [7, 11) is 0. The second-order valence-electron chi connectivity index (χ2n) is 9.75. The molecule has 7 rings (SSSR count). The third-order valence-corrected chi connectivity index (χ3v) is 7.30. The van der Waals surface area contributed by atoms with Crippen molar-refractivity contribution in [2.45, 2.75) is 84.5 Å². The topological polar surface area (TPSA) is 188 Å². The normalized spacial score (nSPS) is 24.2. The number of hydrogen-bond donors (Lipinski definition) is 3. The number of imidazole rings is 2. The van der Waals surface area contributed by atoms with E-state index in [1.807, 2.05) is 18.4 Å². The van der Waals surface area contributed by atoms with E-state index in [9.17, 15) is 0 Å². The van der Waals surface area contributed by atoms with Crippen LogP contribution in [0.15, 0.2) is 12.7 Å². The number of ether oxygens (including phenoxy) is 4. The quantitative estimate of drug-likeness (QED) is 0.277. The lowest BCUT2D eigenvalue weighted by Crippen LogP contribution is -2.27. The molecule has 0 aromatic carbocycles. The number of nitrogen functional groups attached to an aromatic ring is 2. The number of nitrogens with two attached hydrogens (primary N) is 2. The first-order valence-electron chi connectivity index (χ1n) is 13.4. The number of hydrogen-bond acceptors (Lipinski definition) is 13. The largest absolute Gasteiger partial charge is 0.368 e. The first kappa shape index (κ1) is 29.1. The molecular weight excluding hydrogens is 554 g/mol. The van der Waals surface area contributed by atoms with Gasteiger partial charge in [0.2, 0.25) is 11.9 Å². The summed E-state index contributed by atoms with van der Waals surface area (Å²) in [6.07, 6.45) is 7.65. The second kappa shape index (κ2) is 12.2. The van der Waals surface area contributed by atoms with Gasteiger partial charge in [-0.05, 0) is 32.1 Å². The monoisotopic (exact) mass is 589 g/mol. The predicted octanol–water partition coefficient (Wildman–Crippen LogP) is 3.63. The Balaban J connectivity index is 0.000000164. The Morgan fingerprint density at radius 1 is 0.854 bits per heavy atom. The molecule has 0 bridgehead atoms. The van der Waals surface area contributed by atoms with Gasteiger partial charge in [0.25, 0.3) is 0 Å². The smallest absolute Gasteiger partial charge is 0.224 e. The van der Waals surface area contributed by atoms with E-state index in [4.69, 9.17) is 42.0 Å². The zero-order valence-corrected chi connectivity index (χ0v) is 23.0. The van der Waals surface area contributed by atoms with Gasteiger partial charge in [0, 0.05) is 6.04 Å². The predicted molar refractivity (Wildman–Crippen MR) is 153 cm³/mol. The number of fused-ring (bicyclic) bond motifs is 2. The van der Waals surface area contributed by atoms with Crippen molar-refractivity contribution < 1.29 is 18.9 Å². The first-order chi connectivity index (χ1) is 19.4. The average molecular weight is 590 g/mol. The minimum absolute atomic E-state index is 0. The minimum Gasteiger partial charge on any atom is -0.368 e. The fraction of sp³-hybridized carbons (Fsp3) is 0.600. The highest BCUT2D eigenvalue weighted by molar-refractivity contribution is 6.33. The molecule has 3 fully saturated rings. The van der Waals surface area contributed by atoms with E-state index in [0.717, 1.165) is 31.2 Å². The Morgan fingerprint density at radius 3 is 1.90 bits per heavy atom. The van der Waals surface area contributed by atoms with E-state index in [1.54, 1.807) is 17.2 Å². The van der Waals surface area contributed by atoms with Gasteiger partial charge in [0.05, 0.1) is 25.9 Å². The third-order valence-electron chi connectivity index (χ3n) is 7.04. The van der Waals surface area contributed by atoms with Crippen LogP contribution in [0.4, 0.5) is 17.7 Å². The highest BCUT2D eigenvalue weighted by atomic mass is 35.5. The van der Waals surface area contributed by atoms with Gasteiger partial charge in [-0.25, -0.2) is 9.97 Å². The van der Waals surface area contributed by atoms with Crippen molar-refractivity contribution in [2.75, 3.05) is 30.0 Å². The maximum absolute atomic E-state index is 5.96. The summed E-state index contributed by atoms with van der Waals surface area (Å²) >= 11 is 5.96. The Kier molecular flexibility index (Phi) is 8.70. The molecule has 1 aliphatic carbocycles. The summed E-state index contributed by atoms with van der Waals surface area (Å²) in [5.41, 5.74) is 13.9. The van der Waals surface area contributed by atoms with E-state index in [1.165, 1.54) is 6.42 Å². The van der Waals surface area contributed by atoms with E-state index in [2.05, 4.69) is 35.2 Å². The molecule has 1 saturated carbocycles. The number of halogens is 1. The molecule has 3 aliphatic rings. The number of nitrogens with one attached hydrogen (secondary N) is 1. The van der Waals surface area contributed by atoms with Crippen LogP contribution in [-0.4, -0.2) is 70.9 Å². The Hall–Kier alpha value is -3.37. The summed E-state index contributed by atoms with van der Waals surface area (Å²) in [5, 5.41) is 3.65. The van der Waals surface area contributed by atoms with Crippen molar-refractivity contribution >= 4 is 51.6 Å². The van der Waals surface area contributed by atoms with Gasteiger partial charge >= 0.3 is 0 Å². The molecular formula is C25H36ClN11O4. The molecule has 2 aliphatic heterocycles. The maximum Gasteiger partial charge on any atom is 0.224 e. The maximum atomic E-state index is 5.96. The van der Waals surface area contributed by atoms with Crippen LogP contribution in [0.25, 0.3) is 22.3 Å². The fourth-order valence-corrected chi connectivity index (χ4v) is 4.93. The number of anilines is 3. The van der Waals surface area contributed by atoms with E-state index >= 15 is 0 Å². The van der Waals surface area contributed by atoms with Crippen LogP contribution in [0.5, 0.6) is 0 Å². The molecule has 0 spiro atoms. The second-order valence-corrected chi connectivity index (χ2v) is 10.1. The van der Waals surface area contributed by atoms with Crippen molar-refractivity contribution in [3.63, 3.8) is 0 Å². The summed E-state index contributed by atoms with van der Waals surface area (Å²) < 4.78 is 26.2. The molecule has 4 aromatic heterocycles. The van der Waals surface area contributed by atoms with Gasteiger partial charge in [0.1, 0.15) is 5.52 Å². The minimum atomic E-state index is -0.259. The van der Waals surface area contributed by atoms with Gasteiger partial charge < -0.3 is 35.7 Å². The van der Waals surface area contributed by atoms with Crippen LogP contribution >= 0.6 is 11.6 Å². The highest BCUT2D eigenvalue weighted by Gasteiger charge is 2.30. The molecule has 0 radical (unpaired) electrons. The van der Waals surface area contributed by atoms with Crippen molar-refractivity contribution in [2.24, 2.45) is 0 Å². The average Bonchev–Trinajstić information content (AvgIpc) is 3.71. The highest BCUT2D eigenvalue weighted by Crippen LogP contribution is 2.31. The molecule has 41 heavy (non-hydrogen) atoms. The Labute approximate surface area is 241 Å². The number of rotatable bonds is 6. The Bertz CT molecular complexity index is 1490. The van der Waals surface area contributed by atoms with Crippen LogP contribution in [0.2, 0.25) is 5.15 Å². The zero-order valence-electron chi connectivity index (χ0n) is 22.2. The summed E-state index contributed by atoms with van der Waals surface area (Å²) in [6, 6.07) is 0.457. The van der Waals surface area contributed by atoms with Crippen LogP contribution in [0.3, 0.4) is 0 Å². The van der Waals surface area contributed by atoms with Gasteiger partial charge in [-0.1, -0.05) is 32.9 Å². The molecule has 222 valence electrons. The third kappa shape index (κ3) is 5.85. The van der Waals surface area contributed by atoms with E-state index in [0.29, 0.717) is 41.9 Å². The van der Waals surface area contributed by atoms with Gasteiger partial charge in [-0.15, -0.1) is 0 Å². The first-order valence-corrected chi connectivity index (χ1v) is 13.8. The number of aromatic nitrogens is 8. The van der Waals surface area contributed by atoms with Crippen LogP contribution in [-0.2, 0) is 18.9 Å². The summed E-state index contributed by atoms with van der Waals surface area (Å²) in [6.45, 7) is 4.96. The number of nitrogens with zero attached hydrogens (tertiary/aromatic N) is 8. The van der Waals surface area contributed by atoms with E-state index in [-0.39, 0.29) is 49.5 Å². The SMILES string of the molecule is C.CC[C@@H]1OC[C@H](n2cnc3c(Cl)nc(N)nc32)O1.CC[C@@H]1OC[C@H](n2cnc3c(NC4CCC4)nc(N)nc32)O1. The molecule has 0 unspecified atom stereocenters.